The maximum Gasteiger partial charge on any atom is 0.407 e. The van der Waals surface area contributed by atoms with Gasteiger partial charge in [-0.1, -0.05) is 42.5 Å². The molecular formula is C23H29FN2O2. The van der Waals surface area contributed by atoms with Crippen LogP contribution in [-0.2, 0) is 11.3 Å². The quantitative estimate of drug-likeness (QED) is 0.836. The van der Waals surface area contributed by atoms with Gasteiger partial charge < -0.3 is 10.1 Å². The van der Waals surface area contributed by atoms with E-state index in [0.29, 0.717) is 18.7 Å². The number of carbonyl (C=O) groups excluding carboxylic acids is 1. The smallest absolute Gasteiger partial charge is 0.407 e. The molecule has 2 unspecified atom stereocenters. The number of benzene rings is 2. The Labute approximate surface area is 166 Å². The van der Waals surface area contributed by atoms with E-state index in [4.69, 9.17) is 4.74 Å². The largest absolute Gasteiger partial charge is 0.444 e. The number of nitrogens with zero attached hydrogens (tertiary/aromatic N) is 1. The third kappa shape index (κ3) is 5.32. The van der Waals surface area contributed by atoms with Crippen LogP contribution in [0.5, 0.6) is 0 Å². The van der Waals surface area contributed by atoms with Crippen LogP contribution in [0.2, 0.25) is 0 Å². The number of carbonyl (C=O) groups is 1. The van der Waals surface area contributed by atoms with Gasteiger partial charge in [0.1, 0.15) is 11.4 Å². The van der Waals surface area contributed by atoms with Crippen LogP contribution in [0.15, 0.2) is 48.5 Å². The first-order chi connectivity index (χ1) is 13.2. The molecule has 4 nitrogen and oxygen atoms in total. The Morgan fingerprint density at radius 1 is 1.18 bits per heavy atom. The topological polar surface area (TPSA) is 41.6 Å². The summed E-state index contributed by atoms with van der Waals surface area (Å²) in [7, 11) is 0. The Morgan fingerprint density at radius 2 is 1.89 bits per heavy atom. The number of hydrogen-bond acceptors (Lipinski definition) is 3. The Balaban J connectivity index is 1.79. The van der Waals surface area contributed by atoms with E-state index < -0.39 is 11.7 Å². The van der Waals surface area contributed by atoms with Crippen molar-refractivity contribution >= 4 is 6.09 Å². The van der Waals surface area contributed by atoms with Crippen molar-refractivity contribution in [1.29, 1.82) is 0 Å². The molecule has 0 bridgehead atoms. The second kappa shape index (κ2) is 8.31. The molecular weight excluding hydrogens is 355 g/mol. The zero-order chi connectivity index (χ0) is 20.3. The number of likely N-dealkylation sites (tertiary alicyclic amines) is 1. The number of amides is 1. The Bertz CT molecular complexity index is 817. The van der Waals surface area contributed by atoms with Crippen LogP contribution in [0.25, 0.3) is 0 Å². The number of halogens is 1. The maximum absolute atomic E-state index is 14.7. The van der Waals surface area contributed by atoms with Crippen molar-refractivity contribution in [2.24, 2.45) is 0 Å². The van der Waals surface area contributed by atoms with E-state index in [9.17, 15) is 9.18 Å². The molecule has 28 heavy (non-hydrogen) atoms. The predicted molar refractivity (Wildman–Crippen MR) is 109 cm³/mol. The minimum absolute atomic E-state index is 0.128. The van der Waals surface area contributed by atoms with Crippen LogP contribution >= 0.6 is 0 Å². The standard InChI is InChI=1S/C23H29FN2O2/c1-16-10-11-18(20(24)12-16)19-14-26(13-17-8-6-5-7-9-17)15-21(19)25-22(27)28-23(2,3)4/h5-12,19,21H,13-15H2,1-4H3,(H,25,27). The predicted octanol–water partition coefficient (Wildman–Crippen LogP) is 4.63. The molecule has 0 radical (unpaired) electrons. The highest BCUT2D eigenvalue weighted by atomic mass is 19.1. The van der Waals surface area contributed by atoms with Crippen LogP contribution in [0.4, 0.5) is 9.18 Å². The van der Waals surface area contributed by atoms with Crippen molar-refractivity contribution < 1.29 is 13.9 Å². The first kappa shape index (κ1) is 20.3. The third-order valence-electron chi connectivity index (χ3n) is 4.90. The molecule has 2 aromatic carbocycles. The monoisotopic (exact) mass is 384 g/mol. The first-order valence-electron chi connectivity index (χ1n) is 9.73. The lowest BCUT2D eigenvalue weighted by Gasteiger charge is -2.24. The molecule has 1 N–H and O–H groups in total. The Kier molecular flexibility index (Phi) is 6.04. The summed E-state index contributed by atoms with van der Waals surface area (Å²) < 4.78 is 20.1. The van der Waals surface area contributed by atoms with E-state index in [1.165, 1.54) is 5.56 Å². The summed E-state index contributed by atoms with van der Waals surface area (Å²) >= 11 is 0. The average molecular weight is 384 g/mol. The lowest BCUT2D eigenvalue weighted by atomic mass is 9.93. The van der Waals surface area contributed by atoms with E-state index in [0.717, 1.165) is 12.1 Å². The third-order valence-corrected chi connectivity index (χ3v) is 4.90. The molecule has 3 rings (SSSR count). The molecule has 1 amide bonds. The highest BCUT2D eigenvalue weighted by Gasteiger charge is 2.37. The molecule has 1 saturated heterocycles. The fourth-order valence-electron chi connectivity index (χ4n) is 3.71. The van der Waals surface area contributed by atoms with Crippen LogP contribution in [0.1, 0.15) is 43.4 Å². The molecule has 1 aliphatic rings. The summed E-state index contributed by atoms with van der Waals surface area (Å²) in [6.07, 6.45) is -0.461. The number of hydrogen-bond donors (Lipinski definition) is 1. The summed E-state index contributed by atoms with van der Waals surface area (Å²) in [4.78, 5) is 14.6. The van der Waals surface area contributed by atoms with Gasteiger partial charge in [0, 0.05) is 25.6 Å². The zero-order valence-corrected chi connectivity index (χ0v) is 17.0. The van der Waals surface area contributed by atoms with Gasteiger partial charge in [-0.3, -0.25) is 4.90 Å². The summed E-state index contributed by atoms with van der Waals surface area (Å²) in [5.41, 5.74) is 2.15. The average Bonchev–Trinajstić information content (AvgIpc) is 2.96. The Morgan fingerprint density at radius 3 is 2.54 bits per heavy atom. The van der Waals surface area contributed by atoms with Gasteiger partial charge in [0.05, 0.1) is 6.04 Å². The van der Waals surface area contributed by atoms with Gasteiger partial charge in [0.15, 0.2) is 0 Å². The van der Waals surface area contributed by atoms with Gasteiger partial charge in [-0.05, 0) is 50.5 Å². The normalized spacial score (nSPS) is 20.2. The molecule has 2 aromatic rings. The molecule has 2 atom stereocenters. The van der Waals surface area contributed by atoms with Gasteiger partial charge in [0.2, 0.25) is 0 Å². The highest BCUT2D eigenvalue weighted by molar-refractivity contribution is 5.68. The zero-order valence-electron chi connectivity index (χ0n) is 17.0. The summed E-state index contributed by atoms with van der Waals surface area (Å²) in [5.74, 6) is -0.348. The van der Waals surface area contributed by atoms with Gasteiger partial charge in [-0.15, -0.1) is 0 Å². The van der Waals surface area contributed by atoms with E-state index >= 15 is 0 Å². The first-order valence-corrected chi connectivity index (χ1v) is 9.73. The molecule has 150 valence electrons. The van der Waals surface area contributed by atoms with Crippen molar-refractivity contribution in [2.45, 2.75) is 51.8 Å². The van der Waals surface area contributed by atoms with Gasteiger partial charge in [-0.2, -0.15) is 0 Å². The van der Waals surface area contributed by atoms with E-state index in [-0.39, 0.29) is 17.8 Å². The van der Waals surface area contributed by atoms with Crippen molar-refractivity contribution in [2.75, 3.05) is 13.1 Å². The van der Waals surface area contributed by atoms with E-state index in [1.807, 2.05) is 58.0 Å². The number of aryl methyl sites for hydroxylation is 1. The van der Waals surface area contributed by atoms with Crippen molar-refractivity contribution in [3.63, 3.8) is 0 Å². The van der Waals surface area contributed by atoms with Crippen LogP contribution in [0, 0.1) is 12.7 Å². The van der Waals surface area contributed by atoms with Gasteiger partial charge >= 0.3 is 6.09 Å². The minimum Gasteiger partial charge on any atom is -0.444 e. The molecule has 0 saturated carbocycles. The molecule has 1 aliphatic heterocycles. The second-order valence-electron chi connectivity index (χ2n) is 8.56. The second-order valence-corrected chi connectivity index (χ2v) is 8.56. The number of rotatable bonds is 4. The lowest BCUT2D eigenvalue weighted by Crippen LogP contribution is -2.42. The molecule has 0 aliphatic carbocycles. The molecule has 1 fully saturated rings. The van der Waals surface area contributed by atoms with Crippen LogP contribution in [-0.4, -0.2) is 35.7 Å². The molecule has 0 aromatic heterocycles. The fraction of sp³-hybridized carbons (Fsp3) is 0.435. The number of ether oxygens (including phenoxy) is 1. The van der Waals surface area contributed by atoms with Gasteiger partial charge in [-0.25, -0.2) is 9.18 Å². The van der Waals surface area contributed by atoms with Crippen LogP contribution in [0.3, 0.4) is 0 Å². The van der Waals surface area contributed by atoms with Gasteiger partial charge in [0.25, 0.3) is 0 Å². The van der Waals surface area contributed by atoms with Crippen molar-refractivity contribution in [3.8, 4) is 0 Å². The summed E-state index contributed by atoms with van der Waals surface area (Å²) in [6, 6.07) is 15.3. The van der Waals surface area contributed by atoms with Crippen molar-refractivity contribution in [1.82, 2.24) is 10.2 Å². The van der Waals surface area contributed by atoms with Crippen LogP contribution < -0.4 is 5.32 Å². The Hall–Kier alpha value is -2.40. The number of alkyl carbamates (subject to hydrolysis) is 1. The molecule has 0 spiro atoms. The number of nitrogens with one attached hydrogen (secondary N) is 1. The van der Waals surface area contributed by atoms with E-state index in [2.05, 4.69) is 22.3 Å². The van der Waals surface area contributed by atoms with E-state index in [1.54, 1.807) is 6.07 Å². The lowest BCUT2D eigenvalue weighted by molar-refractivity contribution is 0.0502. The summed E-state index contributed by atoms with van der Waals surface area (Å²) in [5, 5.41) is 2.97. The minimum atomic E-state index is -0.572. The SMILES string of the molecule is Cc1ccc(C2CN(Cc3ccccc3)CC2NC(=O)OC(C)(C)C)c(F)c1. The maximum atomic E-state index is 14.7. The van der Waals surface area contributed by atoms with Crippen molar-refractivity contribution in [3.05, 3.63) is 71.0 Å². The molecule has 5 heteroatoms. The summed E-state index contributed by atoms with van der Waals surface area (Å²) in [6.45, 7) is 9.46. The highest BCUT2D eigenvalue weighted by Crippen LogP contribution is 2.31. The molecule has 1 heterocycles. The fourth-order valence-corrected chi connectivity index (χ4v) is 3.71.